The number of carbonyl (C=O) groups is 1. The zero-order valence-electron chi connectivity index (χ0n) is 15.8. The van der Waals surface area contributed by atoms with Gasteiger partial charge in [-0.05, 0) is 45.0 Å². The molecule has 0 heterocycles. The average molecular weight is 356 g/mol. The molecular weight excluding hydrogens is 324 g/mol. The van der Waals surface area contributed by atoms with Gasteiger partial charge < -0.3 is 25.3 Å². The largest absolute Gasteiger partial charge is 0.478 e. The number of benzene rings is 1. The van der Waals surface area contributed by atoms with Crippen LogP contribution in [0.5, 0.6) is 0 Å². The normalized spacial score (nSPS) is 14.3. The Labute approximate surface area is 150 Å². The van der Waals surface area contributed by atoms with Gasteiger partial charge >= 0.3 is 5.97 Å². The van der Waals surface area contributed by atoms with E-state index in [-0.39, 0.29) is 0 Å². The van der Waals surface area contributed by atoms with Gasteiger partial charge in [0.15, 0.2) is 0 Å². The van der Waals surface area contributed by atoms with Gasteiger partial charge in [-0.3, -0.25) is 4.90 Å². The van der Waals surface area contributed by atoms with E-state index in [0.29, 0.717) is 25.2 Å². The third kappa shape index (κ3) is 11.5. The summed E-state index contributed by atoms with van der Waals surface area (Å²) in [7, 11) is 3.82. The zero-order chi connectivity index (χ0) is 19.6. The van der Waals surface area contributed by atoms with Crippen LogP contribution in [0, 0.1) is 0 Å². The summed E-state index contributed by atoms with van der Waals surface area (Å²) in [5.74, 6) is -0.889. The molecule has 0 aliphatic heterocycles. The van der Waals surface area contributed by atoms with Crippen LogP contribution in [0.3, 0.4) is 0 Å². The van der Waals surface area contributed by atoms with Crippen molar-refractivity contribution in [3.05, 3.63) is 29.8 Å². The molecule has 0 radical (unpaired) electrons. The van der Waals surface area contributed by atoms with Crippen molar-refractivity contribution >= 4 is 11.7 Å². The number of aromatic carboxylic acids is 1. The van der Waals surface area contributed by atoms with Crippen molar-refractivity contribution in [1.29, 1.82) is 0 Å². The summed E-state index contributed by atoms with van der Waals surface area (Å²) in [4.78, 5) is 14.2. The number of nitrogens with zero attached hydrogens (tertiary/aromatic N) is 2. The van der Waals surface area contributed by atoms with Gasteiger partial charge in [0.1, 0.15) is 0 Å². The van der Waals surface area contributed by atoms with Crippen LogP contribution >= 0.6 is 0 Å². The lowest BCUT2D eigenvalue weighted by Crippen LogP contribution is -2.40. The Bertz CT molecular complexity index is 463. The van der Waals surface area contributed by atoms with Crippen molar-refractivity contribution in [3.63, 3.8) is 0 Å². The van der Waals surface area contributed by atoms with Crippen LogP contribution in [-0.4, -0.2) is 83.3 Å². The first kappa shape index (κ1) is 23.3. The van der Waals surface area contributed by atoms with Crippen molar-refractivity contribution < 1.29 is 25.2 Å². The van der Waals surface area contributed by atoms with Crippen LogP contribution in [0.15, 0.2) is 24.3 Å². The van der Waals surface area contributed by atoms with Crippen molar-refractivity contribution in [1.82, 2.24) is 4.90 Å². The molecule has 0 aliphatic carbocycles. The van der Waals surface area contributed by atoms with Gasteiger partial charge in [-0.25, -0.2) is 4.79 Å². The van der Waals surface area contributed by atoms with E-state index in [2.05, 4.69) is 0 Å². The number of anilines is 1. The van der Waals surface area contributed by atoms with Gasteiger partial charge in [0.2, 0.25) is 0 Å². The predicted molar refractivity (Wildman–Crippen MR) is 99.2 cm³/mol. The molecule has 1 aromatic carbocycles. The lowest BCUT2D eigenvalue weighted by molar-refractivity contribution is 0.0530. The van der Waals surface area contributed by atoms with Crippen molar-refractivity contribution in [2.75, 3.05) is 38.6 Å². The molecule has 0 aromatic heterocycles. The molecule has 1 rings (SSSR count). The number of hydrogen-bond donors (Lipinski definition) is 4. The summed E-state index contributed by atoms with van der Waals surface area (Å²) < 4.78 is 0. The SMILES string of the molecule is CC(O)CN(CC(C)O)CC(C)O.CN(C)c1ccc(C(=O)O)cc1. The van der Waals surface area contributed by atoms with Crippen LogP contribution in [0.25, 0.3) is 0 Å². The maximum absolute atomic E-state index is 10.5. The molecule has 3 atom stereocenters. The monoisotopic (exact) mass is 356 g/mol. The van der Waals surface area contributed by atoms with Crippen LogP contribution < -0.4 is 4.90 Å². The highest BCUT2D eigenvalue weighted by atomic mass is 16.4. The second-order valence-corrected chi connectivity index (χ2v) is 6.51. The smallest absolute Gasteiger partial charge is 0.335 e. The Morgan fingerprint density at radius 1 is 0.880 bits per heavy atom. The minimum atomic E-state index is -0.889. The van der Waals surface area contributed by atoms with Crippen LogP contribution in [-0.2, 0) is 0 Å². The molecule has 3 unspecified atom stereocenters. The summed E-state index contributed by atoms with van der Waals surface area (Å²) in [5, 5.41) is 36.0. The molecule has 1 aromatic rings. The van der Waals surface area contributed by atoms with Crippen LogP contribution in [0.2, 0.25) is 0 Å². The van der Waals surface area contributed by atoms with Gasteiger partial charge in [0.05, 0.1) is 23.9 Å². The average Bonchev–Trinajstić information content (AvgIpc) is 2.45. The molecule has 0 bridgehead atoms. The molecule has 4 N–H and O–H groups in total. The maximum atomic E-state index is 10.5. The van der Waals surface area contributed by atoms with E-state index in [1.54, 1.807) is 45.0 Å². The molecular formula is C18H32N2O5. The third-order valence-corrected chi connectivity index (χ3v) is 3.20. The molecule has 0 saturated carbocycles. The van der Waals surface area contributed by atoms with E-state index < -0.39 is 24.3 Å². The van der Waals surface area contributed by atoms with Gasteiger partial charge in [-0.2, -0.15) is 0 Å². The molecule has 144 valence electrons. The Morgan fingerprint density at radius 2 is 1.24 bits per heavy atom. The van der Waals surface area contributed by atoms with E-state index in [9.17, 15) is 4.79 Å². The third-order valence-electron chi connectivity index (χ3n) is 3.20. The molecule has 0 aliphatic rings. The summed E-state index contributed by atoms with van der Waals surface area (Å²) in [5.41, 5.74) is 1.32. The predicted octanol–water partition coefficient (Wildman–Crippen LogP) is 0.882. The quantitative estimate of drug-likeness (QED) is 0.548. The van der Waals surface area contributed by atoms with Crippen molar-refractivity contribution in [2.24, 2.45) is 0 Å². The first-order chi connectivity index (χ1) is 11.5. The second kappa shape index (κ2) is 11.8. The Balaban J connectivity index is 0.000000462. The molecule has 25 heavy (non-hydrogen) atoms. The summed E-state index contributed by atoms with van der Waals surface area (Å²) >= 11 is 0. The number of carboxylic acids is 1. The first-order valence-electron chi connectivity index (χ1n) is 8.30. The fraction of sp³-hybridized carbons (Fsp3) is 0.611. The number of aliphatic hydroxyl groups excluding tert-OH is 3. The van der Waals surface area contributed by atoms with Crippen molar-refractivity contribution in [2.45, 2.75) is 39.1 Å². The standard InChI is InChI=1S/C9H21NO3.C9H11NO2/c1-7(11)4-10(5-8(2)12)6-9(3)13;1-10(2)8-5-3-7(4-6-8)9(11)12/h7-9,11-13H,4-6H2,1-3H3;3-6H,1-2H3,(H,11,12). The van der Waals surface area contributed by atoms with Gasteiger partial charge in [0.25, 0.3) is 0 Å². The number of carboxylic acid groups (broad SMARTS) is 1. The van der Waals surface area contributed by atoms with E-state index in [1.807, 2.05) is 23.9 Å². The maximum Gasteiger partial charge on any atom is 0.335 e. The highest BCUT2D eigenvalue weighted by Crippen LogP contribution is 2.11. The Hall–Kier alpha value is -1.67. The Morgan fingerprint density at radius 3 is 1.48 bits per heavy atom. The summed E-state index contributed by atoms with van der Waals surface area (Å²) in [6.07, 6.45) is -1.30. The lowest BCUT2D eigenvalue weighted by Gasteiger charge is -2.25. The number of rotatable bonds is 8. The topological polar surface area (TPSA) is 104 Å². The van der Waals surface area contributed by atoms with Crippen LogP contribution in [0.4, 0.5) is 5.69 Å². The molecule has 0 spiro atoms. The molecule has 0 saturated heterocycles. The second-order valence-electron chi connectivity index (χ2n) is 6.51. The molecule has 7 nitrogen and oxygen atoms in total. The summed E-state index contributed by atoms with van der Waals surface area (Å²) in [6.45, 7) is 6.52. The highest BCUT2D eigenvalue weighted by Gasteiger charge is 2.12. The lowest BCUT2D eigenvalue weighted by atomic mass is 10.2. The fourth-order valence-electron chi connectivity index (χ4n) is 2.25. The van der Waals surface area contributed by atoms with Gasteiger partial charge in [-0.1, -0.05) is 0 Å². The first-order valence-corrected chi connectivity index (χ1v) is 8.30. The van der Waals surface area contributed by atoms with E-state index in [0.717, 1.165) is 5.69 Å². The Kier molecular flexibility index (Phi) is 11.0. The zero-order valence-corrected chi connectivity index (χ0v) is 15.8. The van der Waals surface area contributed by atoms with Crippen LogP contribution in [0.1, 0.15) is 31.1 Å². The highest BCUT2D eigenvalue weighted by molar-refractivity contribution is 5.88. The molecule has 0 fully saturated rings. The van der Waals surface area contributed by atoms with E-state index in [4.69, 9.17) is 20.4 Å². The van der Waals surface area contributed by atoms with Gasteiger partial charge in [-0.15, -0.1) is 0 Å². The van der Waals surface area contributed by atoms with Crippen molar-refractivity contribution in [3.8, 4) is 0 Å². The minimum Gasteiger partial charge on any atom is -0.478 e. The number of hydrogen-bond acceptors (Lipinski definition) is 6. The van der Waals surface area contributed by atoms with E-state index >= 15 is 0 Å². The van der Waals surface area contributed by atoms with E-state index in [1.165, 1.54) is 0 Å². The van der Waals surface area contributed by atoms with Gasteiger partial charge in [0, 0.05) is 39.4 Å². The molecule has 0 amide bonds. The summed E-state index contributed by atoms with van der Waals surface area (Å²) in [6, 6.07) is 6.75. The fourth-order valence-corrected chi connectivity index (χ4v) is 2.25. The minimum absolute atomic E-state index is 0.320. The molecule has 7 heteroatoms. The number of aliphatic hydroxyl groups is 3.